The average molecular weight is 567 g/mol. The molecule has 218 valence electrons. The van der Waals surface area contributed by atoms with Crippen LogP contribution in [0.2, 0.25) is 0 Å². The van der Waals surface area contributed by atoms with Gasteiger partial charge in [-0.2, -0.15) is 0 Å². The predicted molar refractivity (Wildman–Crippen MR) is 150 cm³/mol. The minimum Gasteiger partial charge on any atom is -0.496 e. The van der Waals surface area contributed by atoms with Crippen molar-refractivity contribution in [3.8, 4) is 11.5 Å². The molecule has 41 heavy (non-hydrogen) atoms. The van der Waals surface area contributed by atoms with Gasteiger partial charge < -0.3 is 30.4 Å². The van der Waals surface area contributed by atoms with E-state index in [1.54, 1.807) is 31.4 Å². The van der Waals surface area contributed by atoms with Crippen molar-refractivity contribution in [2.24, 2.45) is 11.8 Å². The normalized spacial score (nSPS) is 16.2. The van der Waals surface area contributed by atoms with Crippen molar-refractivity contribution >= 4 is 34.4 Å². The first-order valence-electron chi connectivity index (χ1n) is 13.6. The summed E-state index contributed by atoms with van der Waals surface area (Å²) in [4.78, 5) is 55.2. The lowest BCUT2D eigenvalue weighted by Crippen LogP contribution is -2.53. The topological polar surface area (TPSA) is 139 Å². The molecule has 3 aromatic rings. The third-order valence-electron chi connectivity index (χ3n) is 7.01. The molecule has 3 amide bonds. The Labute approximate surface area is 237 Å². The molecule has 1 saturated heterocycles. The number of H-pyrrole nitrogens is 1. The molecule has 1 aliphatic rings. The van der Waals surface area contributed by atoms with Crippen LogP contribution < -0.4 is 25.4 Å². The SMILES string of the molecule is COc1cccc2[nH]c(C(=O)NC(CC(C)C)C(=O)NC(C[C@@H]3CCNC3=O)C(=O)COc3ccccc3F)cc12. The number of hydrogen-bond donors (Lipinski definition) is 4. The van der Waals surface area contributed by atoms with Crippen LogP contribution in [-0.2, 0) is 14.4 Å². The van der Waals surface area contributed by atoms with E-state index in [9.17, 15) is 23.6 Å². The van der Waals surface area contributed by atoms with E-state index in [2.05, 4.69) is 20.9 Å². The summed E-state index contributed by atoms with van der Waals surface area (Å²) >= 11 is 0. The first kappa shape index (κ1) is 29.6. The maximum atomic E-state index is 14.0. The number of hydrogen-bond acceptors (Lipinski definition) is 6. The Morgan fingerprint density at radius 3 is 2.49 bits per heavy atom. The van der Waals surface area contributed by atoms with Crippen LogP contribution in [0.25, 0.3) is 10.9 Å². The smallest absolute Gasteiger partial charge is 0.268 e. The van der Waals surface area contributed by atoms with Gasteiger partial charge in [-0.1, -0.05) is 32.0 Å². The number of carbonyl (C=O) groups excluding carboxylic acids is 4. The summed E-state index contributed by atoms with van der Waals surface area (Å²) in [5.41, 5.74) is 0.953. The fourth-order valence-corrected chi connectivity index (χ4v) is 4.88. The number of ether oxygens (including phenoxy) is 2. The number of aromatic amines is 1. The average Bonchev–Trinajstić information content (AvgIpc) is 3.57. The summed E-state index contributed by atoms with van der Waals surface area (Å²) in [6, 6.07) is 10.7. The zero-order valence-electron chi connectivity index (χ0n) is 23.3. The number of benzene rings is 2. The zero-order valence-corrected chi connectivity index (χ0v) is 23.3. The molecule has 2 heterocycles. The molecule has 2 aromatic carbocycles. The van der Waals surface area contributed by atoms with Gasteiger partial charge in [0.05, 0.1) is 13.2 Å². The number of carbonyl (C=O) groups is 4. The highest BCUT2D eigenvalue weighted by molar-refractivity contribution is 6.02. The van der Waals surface area contributed by atoms with Gasteiger partial charge in [0.15, 0.2) is 17.3 Å². The summed E-state index contributed by atoms with van der Waals surface area (Å²) in [6.45, 7) is 3.80. The highest BCUT2D eigenvalue weighted by Crippen LogP contribution is 2.26. The van der Waals surface area contributed by atoms with Gasteiger partial charge in [-0.15, -0.1) is 0 Å². The number of aromatic nitrogens is 1. The fraction of sp³-hybridized carbons (Fsp3) is 0.400. The van der Waals surface area contributed by atoms with E-state index < -0.39 is 48.0 Å². The van der Waals surface area contributed by atoms with Crippen LogP contribution in [0.4, 0.5) is 4.39 Å². The largest absolute Gasteiger partial charge is 0.496 e. The van der Waals surface area contributed by atoms with E-state index >= 15 is 0 Å². The molecule has 3 atom stereocenters. The van der Waals surface area contributed by atoms with Crippen molar-refractivity contribution in [1.82, 2.24) is 20.9 Å². The number of amides is 3. The summed E-state index contributed by atoms with van der Waals surface area (Å²) in [5, 5.41) is 8.97. The van der Waals surface area contributed by atoms with Gasteiger partial charge in [-0.3, -0.25) is 19.2 Å². The van der Waals surface area contributed by atoms with Gasteiger partial charge in [-0.25, -0.2) is 4.39 Å². The van der Waals surface area contributed by atoms with Gasteiger partial charge in [0.2, 0.25) is 11.8 Å². The third kappa shape index (κ3) is 7.41. The van der Waals surface area contributed by atoms with E-state index in [4.69, 9.17) is 9.47 Å². The second-order valence-corrected chi connectivity index (χ2v) is 10.5. The summed E-state index contributed by atoms with van der Waals surface area (Å²) in [6.07, 6.45) is 0.877. The summed E-state index contributed by atoms with van der Waals surface area (Å²) in [7, 11) is 1.54. The van der Waals surface area contributed by atoms with Crippen LogP contribution >= 0.6 is 0 Å². The first-order valence-corrected chi connectivity index (χ1v) is 13.6. The number of fused-ring (bicyclic) bond motifs is 1. The predicted octanol–water partition coefficient (Wildman–Crippen LogP) is 3.12. The molecule has 1 fully saturated rings. The monoisotopic (exact) mass is 566 g/mol. The van der Waals surface area contributed by atoms with Crippen molar-refractivity contribution in [3.05, 3.63) is 60.0 Å². The number of ketones is 1. The molecule has 0 bridgehead atoms. The molecule has 1 aromatic heterocycles. The second kappa shape index (κ2) is 13.3. The molecule has 1 aliphatic heterocycles. The number of para-hydroxylation sites is 1. The van der Waals surface area contributed by atoms with Crippen LogP contribution in [-0.4, -0.2) is 60.8 Å². The molecule has 11 heteroatoms. The number of rotatable bonds is 13. The van der Waals surface area contributed by atoms with Crippen molar-refractivity contribution in [3.63, 3.8) is 0 Å². The highest BCUT2D eigenvalue weighted by Gasteiger charge is 2.33. The van der Waals surface area contributed by atoms with Crippen LogP contribution in [0.3, 0.4) is 0 Å². The minimum absolute atomic E-state index is 0.0352. The van der Waals surface area contributed by atoms with Crippen LogP contribution in [0, 0.1) is 17.7 Å². The molecule has 0 radical (unpaired) electrons. The number of nitrogens with one attached hydrogen (secondary N) is 4. The Balaban J connectivity index is 1.50. The molecule has 4 N–H and O–H groups in total. The van der Waals surface area contributed by atoms with E-state index in [0.29, 0.717) is 30.7 Å². The van der Waals surface area contributed by atoms with Gasteiger partial charge >= 0.3 is 0 Å². The van der Waals surface area contributed by atoms with Crippen LogP contribution in [0.5, 0.6) is 11.5 Å². The zero-order chi connectivity index (χ0) is 29.5. The van der Waals surface area contributed by atoms with E-state index in [0.717, 1.165) is 5.39 Å². The molecule has 0 aliphatic carbocycles. The van der Waals surface area contributed by atoms with Gasteiger partial charge in [0.25, 0.3) is 5.91 Å². The molecule has 2 unspecified atom stereocenters. The quantitative estimate of drug-likeness (QED) is 0.251. The molecular formula is C30H35FN4O6. The van der Waals surface area contributed by atoms with Crippen LogP contribution in [0.15, 0.2) is 48.5 Å². The summed E-state index contributed by atoms with van der Waals surface area (Å²) in [5.74, 6) is -2.33. The van der Waals surface area contributed by atoms with Crippen molar-refractivity contribution < 1.29 is 33.0 Å². The fourth-order valence-electron chi connectivity index (χ4n) is 4.88. The minimum atomic E-state index is -1.08. The third-order valence-corrected chi connectivity index (χ3v) is 7.01. The van der Waals surface area contributed by atoms with Crippen LogP contribution in [0.1, 0.15) is 43.6 Å². The molecule has 0 saturated carbocycles. The molecule has 10 nitrogen and oxygen atoms in total. The second-order valence-electron chi connectivity index (χ2n) is 10.5. The Morgan fingerprint density at radius 2 is 1.80 bits per heavy atom. The maximum absolute atomic E-state index is 14.0. The van der Waals surface area contributed by atoms with Gasteiger partial charge in [0, 0.05) is 23.4 Å². The van der Waals surface area contributed by atoms with Crippen molar-refractivity contribution in [2.75, 3.05) is 20.3 Å². The lowest BCUT2D eigenvalue weighted by atomic mass is 9.95. The van der Waals surface area contributed by atoms with Gasteiger partial charge in [-0.05, 0) is 55.5 Å². The Hall–Kier alpha value is -4.41. The Bertz CT molecular complexity index is 1420. The van der Waals surface area contributed by atoms with Crippen molar-refractivity contribution in [1.29, 1.82) is 0 Å². The Morgan fingerprint density at radius 1 is 1.05 bits per heavy atom. The number of methoxy groups -OCH3 is 1. The van der Waals surface area contributed by atoms with E-state index in [1.165, 1.54) is 18.2 Å². The van der Waals surface area contributed by atoms with E-state index in [1.807, 2.05) is 19.9 Å². The number of halogens is 1. The number of Topliss-reactive ketones (excluding diaryl/α,β-unsaturated/α-hetero) is 1. The lowest BCUT2D eigenvalue weighted by Gasteiger charge is -2.25. The van der Waals surface area contributed by atoms with Crippen molar-refractivity contribution in [2.45, 2.75) is 45.2 Å². The maximum Gasteiger partial charge on any atom is 0.268 e. The lowest BCUT2D eigenvalue weighted by molar-refractivity contribution is -0.131. The highest BCUT2D eigenvalue weighted by atomic mass is 19.1. The standard InChI is InChI=1S/C30H35FN4O6/c1-17(2)13-23(35-30(39)24-15-19-21(33-24)8-6-10-26(19)40-3)29(38)34-22(14-18-11-12-32-28(18)37)25(36)16-41-27-9-5-4-7-20(27)31/h4-10,15,17-18,22-23,33H,11-14,16H2,1-3H3,(H,32,37)(H,34,38)(H,35,39)/t18-,22?,23?/m0/s1. The first-order chi connectivity index (χ1) is 19.7. The molecule has 0 spiro atoms. The van der Waals surface area contributed by atoms with E-state index in [-0.39, 0.29) is 29.7 Å². The molecule has 4 rings (SSSR count). The van der Waals surface area contributed by atoms with Gasteiger partial charge in [0.1, 0.15) is 24.1 Å². The Kier molecular flexibility index (Phi) is 9.59. The summed E-state index contributed by atoms with van der Waals surface area (Å²) < 4.78 is 24.8. The molecular weight excluding hydrogens is 531 g/mol.